The third-order valence-corrected chi connectivity index (χ3v) is 15.0. The van der Waals surface area contributed by atoms with Gasteiger partial charge in [0.15, 0.2) is 0 Å². The Labute approximate surface area is 425 Å². The van der Waals surface area contributed by atoms with Crippen molar-refractivity contribution < 1.29 is 0 Å². The van der Waals surface area contributed by atoms with Crippen molar-refractivity contribution in [3.8, 4) is 77.9 Å². The molecule has 0 amide bonds. The molecule has 12 rings (SSSR count). The summed E-state index contributed by atoms with van der Waals surface area (Å²) >= 11 is 0. The van der Waals surface area contributed by atoms with Crippen LogP contribution in [0.1, 0.15) is 51.3 Å². The number of benzene rings is 11. The number of anilines is 3. The van der Waals surface area contributed by atoms with E-state index >= 15 is 0 Å². The van der Waals surface area contributed by atoms with Crippen LogP contribution in [0.25, 0.3) is 88.7 Å². The second kappa shape index (κ2) is 18.0. The summed E-state index contributed by atoms with van der Waals surface area (Å²) in [6, 6.07) is 94.2. The lowest BCUT2D eigenvalue weighted by Crippen LogP contribution is -2.20. The van der Waals surface area contributed by atoms with Gasteiger partial charge in [-0.1, -0.05) is 253 Å². The molecule has 0 bridgehead atoms. The largest absolute Gasteiger partial charge is 0.310 e. The van der Waals surface area contributed by atoms with E-state index in [2.05, 4.69) is 294 Å². The molecule has 0 saturated heterocycles. The number of nitrogens with zero attached hydrogens (tertiary/aromatic N) is 1. The molecule has 0 N–H and O–H groups in total. The van der Waals surface area contributed by atoms with Crippen LogP contribution in [0.3, 0.4) is 0 Å². The average molecular weight is 924 g/mol. The lowest BCUT2D eigenvalue weighted by atomic mass is 9.78. The van der Waals surface area contributed by atoms with Crippen LogP contribution in [0.5, 0.6) is 0 Å². The highest BCUT2D eigenvalue weighted by molar-refractivity contribution is 6.11. The molecular weight excluding hydrogens is 867 g/mol. The molecule has 11 aromatic carbocycles. The Morgan fingerprint density at radius 3 is 1.39 bits per heavy atom. The maximum Gasteiger partial charge on any atom is 0.0540 e. The fourth-order valence-corrected chi connectivity index (χ4v) is 11.6. The van der Waals surface area contributed by atoms with E-state index in [0.717, 1.165) is 11.4 Å². The van der Waals surface area contributed by atoms with Crippen molar-refractivity contribution in [2.24, 2.45) is 0 Å². The van der Waals surface area contributed by atoms with Gasteiger partial charge in [-0.2, -0.15) is 0 Å². The number of hydrogen-bond acceptors (Lipinski definition) is 1. The van der Waals surface area contributed by atoms with Gasteiger partial charge >= 0.3 is 0 Å². The van der Waals surface area contributed by atoms with E-state index in [4.69, 9.17) is 0 Å². The predicted octanol–water partition coefficient (Wildman–Crippen LogP) is 19.9. The summed E-state index contributed by atoms with van der Waals surface area (Å²) in [5.74, 6) is 0. The van der Waals surface area contributed by atoms with Crippen LogP contribution < -0.4 is 4.90 Å². The molecule has 0 saturated carbocycles. The van der Waals surface area contributed by atoms with E-state index < -0.39 is 0 Å². The highest BCUT2D eigenvalue weighted by Gasteiger charge is 2.39. The number of para-hydroxylation sites is 2. The van der Waals surface area contributed by atoms with Crippen molar-refractivity contribution in [3.05, 3.63) is 271 Å². The topological polar surface area (TPSA) is 3.24 Å². The second-order valence-electron chi connectivity index (χ2n) is 20.8. The zero-order valence-electron chi connectivity index (χ0n) is 41.7. The molecule has 1 heteroatoms. The molecule has 0 fully saturated rings. The number of rotatable bonds is 9. The molecule has 1 aliphatic rings. The van der Waals surface area contributed by atoms with Crippen molar-refractivity contribution in [3.63, 3.8) is 0 Å². The first kappa shape index (κ1) is 44.7. The summed E-state index contributed by atoms with van der Waals surface area (Å²) in [7, 11) is 0. The van der Waals surface area contributed by atoms with Gasteiger partial charge in [-0.25, -0.2) is 0 Å². The summed E-state index contributed by atoms with van der Waals surface area (Å²) in [4.78, 5) is 2.55. The molecule has 11 aromatic rings. The molecule has 346 valence electrons. The zero-order valence-corrected chi connectivity index (χ0v) is 41.7. The van der Waals surface area contributed by atoms with E-state index in [1.54, 1.807) is 0 Å². The van der Waals surface area contributed by atoms with Gasteiger partial charge in [-0.05, 0) is 142 Å². The normalized spacial score (nSPS) is 12.6. The van der Waals surface area contributed by atoms with Gasteiger partial charge in [0.1, 0.15) is 0 Å². The molecule has 0 aliphatic heterocycles. The van der Waals surface area contributed by atoms with Crippen LogP contribution in [-0.2, 0) is 10.8 Å². The first-order valence-electron chi connectivity index (χ1n) is 25.3. The van der Waals surface area contributed by atoms with Gasteiger partial charge in [0.2, 0.25) is 0 Å². The molecule has 0 heterocycles. The third kappa shape index (κ3) is 7.74. The summed E-state index contributed by atoms with van der Waals surface area (Å²) in [5.41, 5.74) is 24.2. The van der Waals surface area contributed by atoms with E-state index in [-0.39, 0.29) is 10.8 Å². The molecule has 1 nitrogen and oxygen atoms in total. The van der Waals surface area contributed by atoms with Crippen molar-refractivity contribution in [2.75, 3.05) is 4.90 Å². The van der Waals surface area contributed by atoms with E-state index in [1.165, 1.54) is 111 Å². The maximum atomic E-state index is 2.55. The molecular formula is C71H57N. The lowest BCUT2D eigenvalue weighted by Gasteiger charge is -2.34. The Morgan fingerprint density at radius 2 is 0.778 bits per heavy atom. The van der Waals surface area contributed by atoms with Gasteiger partial charge < -0.3 is 4.90 Å². The van der Waals surface area contributed by atoms with Crippen LogP contribution >= 0.6 is 0 Å². The van der Waals surface area contributed by atoms with Crippen LogP contribution in [0.15, 0.2) is 255 Å². The molecule has 0 radical (unpaired) electrons. The van der Waals surface area contributed by atoms with E-state index in [1.807, 2.05) is 0 Å². The van der Waals surface area contributed by atoms with E-state index in [0.29, 0.717) is 0 Å². The Bertz CT molecular complexity index is 3730. The van der Waals surface area contributed by atoms with Crippen molar-refractivity contribution in [1.82, 2.24) is 0 Å². The number of fused-ring (bicyclic) bond motifs is 4. The molecule has 0 spiro atoms. The highest BCUT2D eigenvalue weighted by atomic mass is 15.1. The van der Waals surface area contributed by atoms with Gasteiger partial charge in [0, 0.05) is 22.4 Å². The minimum atomic E-state index is -0.295. The minimum absolute atomic E-state index is 0.134. The summed E-state index contributed by atoms with van der Waals surface area (Å²) < 4.78 is 0. The van der Waals surface area contributed by atoms with Crippen LogP contribution in [0.2, 0.25) is 0 Å². The molecule has 0 atom stereocenters. The van der Waals surface area contributed by atoms with Crippen LogP contribution in [0.4, 0.5) is 17.1 Å². The van der Waals surface area contributed by atoms with E-state index in [9.17, 15) is 0 Å². The fraction of sp³-hybridized carbons (Fsp3) is 0.0986. The smallest absolute Gasteiger partial charge is 0.0540 e. The zero-order chi connectivity index (χ0) is 49.0. The number of hydrogen-bond donors (Lipinski definition) is 0. The molecule has 1 aliphatic carbocycles. The Balaban J connectivity index is 1.07. The Morgan fingerprint density at radius 1 is 0.319 bits per heavy atom. The van der Waals surface area contributed by atoms with Gasteiger partial charge in [0.25, 0.3) is 0 Å². The summed E-state index contributed by atoms with van der Waals surface area (Å²) in [5, 5.41) is 2.43. The fourth-order valence-electron chi connectivity index (χ4n) is 11.6. The first-order valence-corrected chi connectivity index (χ1v) is 25.3. The second-order valence-corrected chi connectivity index (χ2v) is 20.8. The van der Waals surface area contributed by atoms with Gasteiger partial charge in [-0.15, -0.1) is 0 Å². The SMILES string of the molecule is CC(C)(C)c1ccccc1N(c1ccc2c(c1)C(C)(C)c1c(-c3ccccc3)cc(-c3ccccc3)cc1-2)c1ccccc1-c1ccc(-c2c(-c3ccccc3)cccc2-c2ccccc2)c2ccccc12. The van der Waals surface area contributed by atoms with Crippen LogP contribution in [0, 0.1) is 0 Å². The molecule has 0 unspecified atom stereocenters. The summed E-state index contributed by atoms with van der Waals surface area (Å²) in [6.45, 7) is 11.8. The van der Waals surface area contributed by atoms with Crippen LogP contribution in [-0.4, -0.2) is 0 Å². The molecule has 0 aromatic heterocycles. The lowest BCUT2D eigenvalue weighted by molar-refractivity contribution is 0.591. The standard InChI is InChI=1S/C71H57N/c1-70(2,3)64-38-21-23-40-67(64)72(53-41-42-59-63-46-52(48-25-10-6-11-26-48)45-62(51-31-16-9-17-32-51)69(63)71(4,5)65(59)47-53)66-39-22-20-35-60(66)58-43-44-61(57-34-19-18-33-56(57)58)68-54(49-27-12-7-13-28-49)36-24-37-55(68)50-29-14-8-15-30-50/h6-47H,1-5H3. The first-order chi connectivity index (χ1) is 35.1. The van der Waals surface area contributed by atoms with Crippen molar-refractivity contribution >= 4 is 27.8 Å². The van der Waals surface area contributed by atoms with Gasteiger partial charge in [0.05, 0.1) is 5.69 Å². The summed E-state index contributed by atoms with van der Waals surface area (Å²) in [6.07, 6.45) is 0. The maximum absolute atomic E-state index is 2.55. The van der Waals surface area contributed by atoms with Gasteiger partial charge in [-0.3, -0.25) is 0 Å². The Kier molecular flexibility index (Phi) is 11.2. The highest BCUT2D eigenvalue weighted by Crippen LogP contribution is 2.56. The van der Waals surface area contributed by atoms with Crippen molar-refractivity contribution in [2.45, 2.75) is 45.4 Å². The third-order valence-electron chi connectivity index (χ3n) is 15.0. The monoisotopic (exact) mass is 923 g/mol. The Hall–Kier alpha value is -8.52. The predicted molar refractivity (Wildman–Crippen MR) is 308 cm³/mol. The minimum Gasteiger partial charge on any atom is -0.310 e. The average Bonchev–Trinajstić information content (AvgIpc) is 3.66. The van der Waals surface area contributed by atoms with Crippen molar-refractivity contribution in [1.29, 1.82) is 0 Å². The molecule has 72 heavy (non-hydrogen) atoms. The quantitative estimate of drug-likeness (QED) is 0.139.